The number of nitriles is 1. The molecule has 1 heterocycles. The third-order valence-electron chi connectivity index (χ3n) is 2.24. The van der Waals surface area contributed by atoms with Crippen LogP contribution in [0.2, 0.25) is 0 Å². The van der Waals surface area contributed by atoms with Gasteiger partial charge in [0.2, 0.25) is 15.9 Å². The predicted octanol–water partition coefficient (Wildman–Crippen LogP) is -0.950. The van der Waals surface area contributed by atoms with Crippen molar-refractivity contribution in [2.75, 3.05) is 19.6 Å². The van der Waals surface area contributed by atoms with E-state index in [1.807, 2.05) is 0 Å². The molecule has 0 aromatic rings. The van der Waals surface area contributed by atoms with Gasteiger partial charge in [-0.05, 0) is 6.42 Å². The van der Waals surface area contributed by atoms with Crippen molar-refractivity contribution in [2.24, 2.45) is 0 Å². The number of piperazine rings is 1. The molecule has 1 fully saturated rings. The summed E-state index contributed by atoms with van der Waals surface area (Å²) >= 11 is 0. The van der Waals surface area contributed by atoms with E-state index in [1.54, 1.807) is 13.0 Å². The largest absolute Gasteiger partial charge is 0.354 e. The van der Waals surface area contributed by atoms with Crippen molar-refractivity contribution >= 4 is 15.9 Å². The molecule has 6 nitrogen and oxygen atoms in total. The van der Waals surface area contributed by atoms with Crippen molar-refractivity contribution < 1.29 is 13.2 Å². The van der Waals surface area contributed by atoms with E-state index < -0.39 is 15.3 Å². The van der Waals surface area contributed by atoms with Gasteiger partial charge in [0.05, 0.1) is 12.6 Å². The van der Waals surface area contributed by atoms with Crippen LogP contribution in [-0.2, 0) is 14.8 Å². The minimum absolute atomic E-state index is 0.180. The smallest absolute Gasteiger partial charge is 0.235 e. The Bertz CT molecular complexity index is 384. The molecule has 0 aliphatic carbocycles. The molecule has 0 aromatic carbocycles. The average molecular weight is 231 g/mol. The number of carbonyl (C=O) groups excluding carboxylic acids is 1. The van der Waals surface area contributed by atoms with E-state index in [2.05, 4.69) is 5.32 Å². The zero-order valence-corrected chi connectivity index (χ0v) is 9.25. The Labute approximate surface area is 88.9 Å². The van der Waals surface area contributed by atoms with Crippen molar-refractivity contribution in [1.82, 2.24) is 9.62 Å². The lowest BCUT2D eigenvalue weighted by molar-refractivity contribution is -0.122. The average Bonchev–Trinajstić information content (AvgIpc) is 2.19. The Morgan fingerprint density at radius 2 is 2.33 bits per heavy atom. The number of carbonyl (C=O) groups is 1. The molecular formula is C8H13N3O3S. The lowest BCUT2D eigenvalue weighted by Crippen LogP contribution is -2.52. The maximum absolute atomic E-state index is 11.8. The fraction of sp³-hybridized carbons (Fsp3) is 0.750. The minimum atomic E-state index is -3.65. The number of hydrogen-bond acceptors (Lipinski definition) is 4. The lowest BCUT2D eigenvalue weighted by Gasteiger charge is -2.27. The maximum atomic E-state index is 11.8. The van der Waals surface area contributed by atoms with Gasteiger partial charge >= 0.3 is 0 Å². The Hall–Kier alpha value is -1.13. The molecule has 1 rings (SSSR count). The molecule has 7 heteroatoms. The predicted molar refractivity (Wildman–Crippen MR) is 53.2 cm³/mol. The van der Waals surface area contributed by atoms with Crippen LogP contribution in [0.4, 0.5) is 0 Å². The zero-order valence-electron chi connectivity index (χ0n) is 8.43. The Balaban J connectivity index is 2.86. The summed E-state index contributed by atoms with van der Waals surface area (Å²) in [5.74, 6) is -0.322. The highest BCUT2D eigenvalue weighted by atomic mass is 32.2. The fourth-order valence-corrected chi connectivity index (χ4v) is 2.94. The van der Waals surface area contributed by atoms with Crippen molar-refractivity contribution in [2.45, 2.75) is 18.6 Å². The van der Waals surface area contributed by atoms with Crippen LogP contribution in [0.3, 0.4) is 0 Å². The van der Waals surface area contributed by atoms with Gasteiger partial charge in [-0.15, -0.1) is 0 Å². The van der Waals surface area contributed by atoms with Crippen molar-refractivity contribution in [3.05, 3.63) is 0 Å². The number of sulfonamides is 1. The highest BCUT2D eigenvalue weighted by Gasteiger charge is 2.33. The Morgan fingerprint density at radius 3 is 2.80 bits per heavy atom. The van der Waals surface area contributed by atoms with Gasteiger partial charge in [-0.25, -0.2) is 8.42 Å². The van der Waals surface area contributed by atoms with Crippen LogP contribution in [0.25, 0.3) is 0 Å². The molecule has 0 spiro atoms. The van der Waals surface area contributed by atoms with E-state index in [-0.39, 0.29) is 25.4 Å². The fourth-order valence-electron chi connectivity index (χ4n) is 1.38. The van der Waals surface area contributed by atoms with Gasteiger partial charge in [0.1, 0.15) is 0 Å². The van der Waals surface area contributed by atoms with Crippen LogP contribution >= 0.6 is 0 Å². The zero-order chi connectivity index (χ0) is 11.5. The molecule has 1 aliphatic rings. The molecule has 84 valence electrons. The van der Waals surface area contributed by atoms with Gasteiger partial charge in [-0.3, -0.25) is 4.79 Å². The van der Waals surface area contributed by atoms with Gasteiger partial charge in [0, 0.05) is 13.1 Å². The first kappa shape index (κ1) is 11.9. The molecule has 1 N–H and O–H groups in total. The van der Waals surface area contributed by atoms with Crippen LogP contribution in [0, 0.1) is 11.3 Å². The molecule has 1 aliphatic heterocycles. The summed E-state index contributed by atoms with van der Waals surface area (Å²) in [6.45, 7) is 2.00. The lowest BCUT2D eigenvalue weighted by atomic mass is 10.4. The summed E-state index contributed by atoms with van der Waals surface area (Å²) < 4.78 is 24.7. The topological polar surface area (TPSA) is 90.3 Å². The van der Waals surface area contributed by atoms with E-state index in [0.717, 1.165) is 4.31 Å². The van der Waals surface area contributed by atoms with Gasteiger partial charge in [0.25, 0.3) is 0 Å². The van der Waals surface area contributed by atoms with Crippen molar-refractivity contribution in [3.63, 3.8) is 0 Å². The van der Waals surface area contributed by atoms with Crippen LogP contribution in [0.5, 0.6) is 0 Å². The summed E-state index contributed by atoms with van der Waals surface area (Å²) in [5, 5.41) is 10.2. The molecule has 0 saturated carbocycles. The molecular weight excluding hydrogens is 218 g/mol. The van der Waals surface area contributed by atoms with E-state index >= 15 is 0 Å². The number of amides is 1. The first-order chi connectivity index (χ1) is 7.02. The van der Waals surface area contributed by atoms with Gasteiger partial charge in [-0.1, -0.05) is 6.92 Å². The first-order valence-electron chi connectivity index (χ1n) is 4.67. The van der Waals surface area contributed by atoms with Gasteiger partial charge in [0.15, 0.2) is 5.25 Å². The van der Waals surface area contributed by atoms with E-state index in [4.69, 9.17) is 5.26 Å². The standard InChI is InChI=1S/C8H13N3O3S/c1-2-7(5-9)15(13,14)11-4-3-10-8(12)6-11/h7H,2-4,6H2,1H3,(H,10,12). The quantitative estimate of drug-likeness (QED) is 0.678. The normalized spacial score (nSPS) is 20.4. The van der Waals surface area contributed by atoms with Crippen LogP contribution in [0.15, 0.2) is 0 Å². The summed E-state index contributed by atoms with van der Waals surface area (Å²) in [4.78, 5) is 11.0. The molecule has 0 aromatic heterocycles. The van der Waals surface area contributed by atoms with E-state index in [9.17, 15) is 13.2 Å². The highest BCUT2D eigenvalue weighted by Crippen LogP contribution is 2.12. The minimum Gasteiger partial charge on any atom is -0.354 e. The second kappa shape index (κ2) is 4.59. The molecule has 1 amide bonds. The van der Waals surface area contributed by atoms with Crippen LogP contribution < -0.4 is 5.32 Å². The van der Waals surface area contributed by atoms with Crippen LogP contribution in [-0.4, -0.2) is 43.5 Å². The molecule has 0 radical (unpaired) electrons. The second-order valence-corrected chi connectivity index (χ2v) is 5.37. The van der Waals surface area contributed by atoms with E-state index in [0.29, 0.717) is 6.54 Å². The summed E-state index contributed by atoms with van der Waals surface area (Å²) in [6, 6.07) is 1.74. The monoisotopic (exact) mass is 231 g/mol. The third kappa shape index (κ3) is 2.46. The van der Waals surface area contributed by atoms with Crippen molar-refractivity contribution in [3.8, 4) is 6.07 Å². The SMILES string of the molecule is CCC(C#N)S(=O)(=O)N1CCNC(=O)C1. The van der Waals surface area contributed by atoms with Crippen LogP contribution in [0.1, 0.15) is 13.3 Å². The molecule has 15 heavy (non-hydrogen) atoms. The molecule has 1 saturated heterocycles. The molecule has 1 unspecified atom stereocenters. The van der Waals surface area contributed by atoms with Gasteiger partial charge < -0.3 is 5.32 Å². The Morgan fingerprint density at radius 1 is 1.67 bits per heavy atom. The third-order valence-corrected chi connectivity index (χ3v) is 4.43. The summed E-state index contributed by atoms with van der Waals surface area (Å²) in [7, 11) is -3.65. The van der Waals surface area contributed by atoms with Gasteiger partial charge in [-0.2, -0.15) is 9.57 Å². The first-order valence-corrected chi connectivity index (χ1v) is 6.18. The van der Waals surface area contributed by atoms with Crippen molar-refractivity contribution in [1.29, 1.82) is 5.26 Å². The highest BCUT2D eigenvalue weighted by molar-refractivity contribution is 7.90. The number of nitrogens with zero attached hydrogens (tertiary/aromatic N) is 2. The summed E-state index contributed by atoms with van der Waals surface area (Å²) in [6.07, 6.45) is 0.233. The number of hydrogen-bond donors (Lipinski definition) is 1. The summed E-state index contributed by atoms with van der Waals surface area (Å²) in [5.41, 5.74) is 0. The van der Waals surface area contributed by atoms with E-state index in [1.165, 1.54) is 0 Å². The Kier molecular flexibility index (Phi) is 3.66. The second-order valence-electron chi connectivity index (χ2n) is 3.25. The number of nitrogens with one attached hydrogen (secondary N) is 1. The maximum Gasteiger partial charge on any atom is 0.235 e. The number of rotatable bonds is 3. The molecule has 0 bridgehead atoms. The molecule has 1 atom stereocenters.